The number of benzene rings is 1. The molecule has 0 aliphatic heterocycles. The van der Waals surface area contributed by atoms with E-state index < -0.39 is 12.1 Å². The van der Waals surface area contributed by atoms with Gasteiger partial charge in [0.1, 0.15) is 12.3 Å². The van der Waals surface area contributed by atoms with Crippen molar-refractivity contribution < 1.29 is 9.59 Å². The summed E-state index contributed by atoms with van der Waals surface area (Å²) < 4.78 is 0. The second-order valence-electron chi connectivity index (χ2n) is 7.38. The molecular weight excluding hydrogens is 390 g/mol. The molecule has 2 aromatic heterocycles. The zero-order chi connectivity index (χ0) is 20.8. The molecule has 8 heteroatoms. The van der Waals surface area contributed by atoms with Crippen LogP contribution in [0.1, 0.15) is 26.0 Å². The molecule has 0 saturated heterocycles. The number of anilines is 1. The lowest BCUT2D eigenvalue weighted by molar-refractivity contribution is -0.124. The van der Waals surface area contributed by atoms with E-state index in [9.17, 15) is 9.59 Å². The highest BCUT2D eigenvalue weighted by Crippen LogP contribution is 2.25. The Labute approximate surface area is 174 Å². The van der Waals surface area contributed by atoms with Crippen molar-refractivity contribution in [2.24, 2.45) is 5.92 Å². The highest BCUT2D eigenvalue weighted by atomic mass is 35.5. The highest BCUT2D eigenvalue weighted by Gasteiger charge is 2.23. The normalized spacial score (nSPS) is 13.2. The Bertz CT molecular complexity index is 974. The van der Waals surface area contributed by atoms with Crippen LogP contribution in [0.4, 0.5) is 5.69 Å². The summed E-state index contributed by atoms with van der Waals surface area (Å²) in [5.74, 6) is 0.0531. The van der Waals surface area contributed by atoms with Crippen molar-refractivity contribution in [3.8, 4) is 0 Å². The average Bonchev–Trinajstić information content (AvgIpc) is 3.19. The van der Waals surface area contributed by atoms with Crippen LogP contribution < -0.4 is 10.6 Å². The van der Waals surface area contributed by atoms with E-state index in [1.54, 1.807) is 30.9 Å². The number of imidazole rings is 1. The van der Waals surface area contributed by atoms with E-state index >= 15 is 0 Å². The predicted molar refractivity (Wildman–Crippen MR) is 114 cm³/mol. The molecule has 0 unspecified atom stereocenters. The maximum absolute atomic E-state index is 13.0. The number of rotatable bonds is 9. The first kappa shape index (κ1) is 20.8. The Kier molecular flexibility index (Phi) is 6.82. The minimum Gasteiger partial charge on any atom is -0.373 e. The lowest BCUT2D eigenvalue weighted by Crippen LogP contribution is -2.46. The van der Waals surface area contributed by atoms with Gasteiger partial charge in [-0.2, -0.15) is 0 Å². The van der Waals surface area contributed by atoms with E-state index in [2.05, 4.69) is 25.6 Å². The van der Waals surface area contributed by atoms with Crippen LogP contribution in [-0.2, 0) is 16.0 Å². The molecule has 152 valence electrons. The van der Waals surface area contributed by atoms with Gasteiger partial charge >= 0.3 is 0 Å². The largest absolute Gasteiger partial charge is 0.373 e. The fourth-order valence-electron chi connectivity index (χ4n) is 3.19. The number of carbonyl (C=O) groups is 2. The van der Waals surface area contributed by atoms with E-state index in [4.69, 9.17) is 11.6 Å². The van der Waals surface area contributed by atoms with Gasteiger partial charge in [0.25, 0.3) is 0 Å². The van der Waals surface area contributed by atoms with E-state index in [1.807, 2.05) is 26.0 Å². The van der Waals surface area contributed by atoms with Crippen molar-refractivity contribution in [2.75, 3.05) is 5.32 Å². The van der Waals surface area contributed by atoms with Gasteiger partial charge in [0.15, 0.2) is 0 Å². The topological polar surface area (TPSA) is 99.8 Å². The summed E-state index contributed by atoms with van der Waals surface area (Å²) in [5.41, 5.74) is 2.33. The number of hydrogen-bond acceptors (Lipinski definition) is 5. The van der Waals surface area contributed by atoms with E-state index in [0.717, 1.165) is 28.6 Å². The lowest BCUT2D eigenvalue weighted by Gasteiger charge is -2.23. The number of carbonyl (C=O) groups excluding carboxylic acids is 2. The Morgan fingerprint density at radius 3 is 2.83 bits per heavy atom. The second kappa shape index (κ2) is 9.52. The van der Waals surface area contributed by atoms with Gasteiger partial charge in [-0.25, -0.2) is 4.98 Å². The zero-order valence-corrected chi connectivity index (χ0v) is 17.1. The smallest absolute Gasteiger partial charge is 0.243 e. The Balaban J connectivity index is 1.78. The molecule has 29 heavy (non-hydrogen) atoms. The van der Waals surface area contributed by atoms with Gasteiger partial charge in [0.05, 0.1) is 17.9 Å². The molecule has 1 amide bonds. The molecule has 7 nitrogen and oxygen atoms in total. The van der Waals surface area contributed by atoms with Crippen molar-refractivity contribution in [1.29, 1.82) is 0 Å². The number of H-pyrrole nitrogens is 1. The summed E-state index contributed by atoms with van der Waals surface area (Å²) in [4.78, 5) is 35.7. The molecule has 2 heterocycles. The fourth-order valence-corrected chi connectivity index (χ4v) is 3.35. The van der Waals surface area contributed by atoms with Crippen molar-refractivity contribution >= 4 is 40.4 Å². The minimum atomic E-state index is -0.632. The predicted octanol–water partition coefficient (Wildman–Crippen LogP) is 3.36. The Morgan fingerprint density at radius 1 is 1.31 bits per heavy atom. The second-order valence-corrected chi connectivity index (χ2v) is 7.82. The summed E-state index contributed by atoms with van der Waals surface area (Å²) in [6.45, 7) is 4.10. The number of aromatic nitrogens is 3. The molecule has 0 radical (unpaired) electrons. The summed E-state index contributed by atoms with van der Waals surface area (Å²) in [6, 6.07) is 6.16. The van der Waals surface area contributed by atoms with Crippen LogP contribution in [0.5, 0.6) is 0 Å². The maximum Gasteiger partial charge on any atom is 0.243 e. The van der Waals surface area contributed by atoms with Crippen LogP contribution in [-0.4, -0.2) is 39.2 Å². The zero-order valence-electron chi connectivity index (χ0n) is 16.4. The molecule has 2 atom stereocenters. The minimum absolute atomic E-state index is 0.228. The highest BCUT2D eigenvalue weighted by molar-refractivity contribution is 6.31. The summed E-state index contributed by atoms with van der Waals surface area (Å²) in [5, 5.41) is 7.64. The molecule has 3 N–H and O–H groups in total. The van der Waals surface area contributed by atoms with Crippen LogP contribution in [0.25, 0.3) is 10.9 Å². The van der Waals surface area contributed by atoms with Crippen LogP contribution in [0.2, 0.25) is 5.02 Å². The molecule has 1 aromatic carbocycles. The first-order valence-corrected chi connectivity index (χ1v) is 9.87. The summed E-state index contributed by atoms with van der Waals surface area (Å²) in [7, 11) is 0. The van der Waals surface area contributed by atoms with Gasteiger partial charge in [-0.05, 0) is 36.6 Å². The SMILES string of the molecule is CC(C)C[C@H](Nc1ccnc2cc(Cl)ccc12)C(=O)N[C@H](C=O)Cc1cnc[nH]1. The first-order chi connectivity index (χ1) is 14.0. The number of halogens is 1. The quantitative estimate of drug-likeness (QED) is 0.467. The average molecular weight is 414 g/mol. The van der Waals surface area contributed by atoms with Crippen molar-refractivity contribution in [1.82, 2.24) is 20.3 Å². The standard InChI is InChI=1S/C21H24ClN5O2/c1-13(2)7-20(21(29)26-16(11-28)9-15-10-23-12-25-15)27-18-5-6-24-19-8-14(22)3-4-17(18)19/h3-6,8,10-13,16,20H,7,9H2,1-2H3,(H,23,25)(H,24,27)(H,26,29)/t16-,20-/m0/s1. The van der Waals surface area contributed by atoms with E-state index in [1.165, 1.54) is 0 Å². The van der Waals surface area contributed by atoms with Crippen molar-refractivity contribution in [2.45, 2.75) is 38.8 Å². The first-order valence-electron chi connectivity index (χ1n) is 9.50. The fraction of sp³-hybridized carbons (Fsp3) is 0.333. The van der Waals surface area contributed by atoms with Crippen LogP contribution in [0.3, 0.4) is 0 Å². The summed E-state index contributed by atoms with van der Waals surface area (Å²) in [6.07, 6.45) is 6.58. The van der Waals surface area contributed by atoms with E-state index in [-0.39, 0.29) is 11.8 Å². The van der Waals surface area contributed by atoms with Crippen LogP contribution in [0.15, 0.2) is 43.0 Å². The van der Waals surface area contributed by atoms with Gasteiger partial charge in [-0.15, -0.1) is 0 Å². The third-order valence-corrected chi connectivity index (χ3v) is 4.78. The van der Waals surface area contributed by atoms with Gasteiger partial charge in [0, 0.05) is 40.6 Å². The molecule has 0 fully saturated rings. The van der Waals surface area contributed by atoms with E-state index in [0.29, 0.717) is 17.9 Å². The number of aldehydes is 1. The number of nitrogens with one attached hydrogen (secondary N) is 3. The number of pyridine rings is 1. The third kappa shape index (κ3) is 5.54. The third-order valence-electron chi connectivity index (χ3n) is 4.54. The molecular formula is C21H24ClN5O2. The Morgan fingerprint density at radius 2 is 2.14 bits per heavy atom. The molecule has 3 rings (SSSR count). The molecule has 0 spiro atoms. The van der Waals surface area contributed by atoms with Gasteiger partial charge < -0.3 is 20.4 Å². The molecule has 0 bridgehead atoms. The van der Waals surface area contributed by atoms with Crippen molar-refractivity contribution in [3.63, 3.8) is 0 Å². The summed E-state index contributed by atoms with van der Waals surface area (Å²) >= 11 is 6.06. The molecule has 3 aromatic rings. The van der Waals surface area contributed by atoms with Gasteiger partial charge in [-0.1, -0.05) is 25.4 Å². The van der Waals surface area contributed by atoms with Crippen molar-refractivity contribution in [3.05, 3.63) is 53.7 Å². The Hall–Kier alpha value is -2.93. The number of hydrogen-bond donors (Lipinski definition) is 3. The lowest BCUT2D eigenvalue weighted by atomic mass is 10.0. The monoisotopic (exact) mass is 413 g/mol. The van der Waals surface area contributed by atoms with Gasteiger partial charge in [-0.3, -0.25) is 9.78 Å². The number of amides is 1. The molecule has 0 aliphatic carbocycles. The number of aromatic amines is 1. The maximum atomic E-state index is 13.0. The number of fused-ring (bicyclic) bond motifs is 1. The molecule has 0 saturated carbocycles. The van der Waals surface area contributed by atoms with Crippen LogP contribution >= 0.6 is 11.6 Å². The number of nitrogens with zero attached hydrogens (tertiary/aromatic N) is 2. The molecule has 0 aliphatic rings. The van der Waals surface area contributed by atoms with Crippen LogP contribution in [0, 0.1) is 5.92 Å². The van der Waals surface area contributed by atoms with Gasteiger partial charge in [0.2, 0.25) is 5.91 Å².